The molecule has 7 aromatic rings. The number of halogens is 4. The SMILES string of the molecule is C=C[C@@H](COc1nc(N2C[C@@H]3C[C@H]2CN3)c2cc(C(F)(F)F)c(-c3c(C)c(F)cc4[nH]ncc34)c(OCc3ccc(C4CN([C@H](C(=O)N5C[C@H](O)C[C@H]5C(=O)N[C@@H](CO)c5ccc(-c6cccnc6)cc5)C(C)C)N=N4)cc3)c2n1)OC. The van der Waals surface area contributed by atoms with Gasteiger partial charge in [0.2, 0.25) is 11.8 Å². The predicted molar refractivity (Wildman–Crippen MR) is 296 cm³/mol. The number of hydrogen-bond donors (Lipinski definition) is 5. The molecule has 3 fully saturated rings. The summed E-state index contributed by atoms with van der Waals surface area (Å²) >= 11 is 0. The highest BCUT2D eigenvalue weighted by atomic mass is 19.4. The van der Waals surface area contributed by atoms with Gasteiger partial charge >= 0.3 is 12.2 Å². The lowest BCUT2D eigenvalue weighted by atomic mass is 9.90. The van der Waals surface area contributed by atoms with Crippen molar-refractivity contribution in [3.63, 3.8) is 0 Å². The monoisotopic (exact) mass is 1130 g/mol. The Labute approximate surface area is 469 Å². The number of hydrogen-bond acceptors (Lipinski definition) is 16. The van der Waals surface area contributed by atoms with Crippen molar-refractivity contribution in [3.05, 3.63) is 138 Å². The molecule has 8 atom stereocenters. The highest BCUT2D eigenvalue weighted by Gasteiger charge is 2.46. The molecule has 4 aliphatic heterocycles. The fourth-order valence-electron chi connectivity index (χ4n) is 11.7. The number of pyridine rings is 1. The van der Waals surface area contributed by atoms with Crippen LogP contribution in [0.5, 0.6) is 11.8 Å². The van der Waals surface area contributed by atoms with E-state index in [1.807, 2.05) is 55.1 Å². The molecule has 0 saturated carbocycles. The zero-order valence-corrected chi connectivity index (χ0v) is 45.5. The van der Waals surface area contributed by atoms with E-state index in [0.29, 0.717) is 29.8 Å². The Morgan fingerprint density at radius 3 is 2.43 bits per heavy atom. The van der Waals surface area contributed by atoms with E-state index in [0.717, 1.165) is 23.6 Å². The van der Waals surface area contributed by atoms with Gasteiger partial charge in [0.05, 0.1) is 42.6 Å². The summed E-state index contributed by atoms with van der Waals surface area (Å²) in [4.78, 5) is 45.6. The third kappa shape index (κ3) is 10.9. The van der Waals surface area contributed by atoms with Crippen molar-refractivity contribution >= 4 is 39.4 Å². The van der Waals surface area contributed by atoms with Gasteiger partial charge in [-0.3, -0.25) is 24.7 Å². The number of aliphatic hydroxyl groups is 2. The Morgan fingerprint density at radius 1 is 0.963 bits per heavy atom. The number of ether oxygens (including phenoxy) is 3. The van der Waals surface area contributed by atoms with Crippen LogP contribution in [0.25, 0.3) is 44.1 Å². The van der Waals surface area contributed by atoms with Crippen LogP contribution in [-0.2, 0) is 27.1 Å². The number of amides is 2. The highest BCUT2D eigenvalue weighted by molar-refractivity contribution is 6.06. The molecule has 7 heterocycles. The molecule has 4 aliphatic rings. The minimum Gasteiger partial charge on any atom is -0.486 e. The van der Waals surface area contributed by atoms with E-state index in [2.05, 4.69) is 42.7 Å². The maximum absolute atomic E-state index is 15.9. The molecule has 0 radical (unpaired) electrons. The number of anilines is 1. The van der Waals surface area contributed by atoms with E-state index in [1.54, 1.807) is 47.7 Å². The van der Waals surface area contributed by atoms with E-state index < -0.39 is 77.9 Å². The van der Waals surface area contributed by atoms with E-state index in [-0.39, 0.29) is 101 Å². The number of β-amino-alcohol motifs (C(OH)–C–C–N with tert-alkyl or cyclic N) is 1. The van der Waals surface area contributed by atoms with Crippen molar-refractivity contribution < 1.29 is 51.6 Å². The van der Waals surface area contributed by atoms with Crippen LogP contribution in [0.3, 0.4) is 0 Å². The Morgan fingerprint density at radius 2 is 1.76 bits per heavy atom. The molecule has 2 amide bonds. The second-order valence-electron chi connectivity index (χ2n) is 21.6. The number of fused-ring (bicyclic) bond motifs is 4. The van der Waals surface area contributed by atoms with Gasteiger partial charge in [-0.15, -0.1) is 6.58 Å². The molecular weight excluding hydrogens is 1060 g/mol. The largest absolute Gasteiger partial charge is 0.486 e. The average molecular weight is 1130 g/mol. The van der Waals surface area contributed by atoms with Crippen molar-refractivity contribution in [1.82, 2.24) is 45.7 Å². The number of aliphatic hydroxyl groups excluding tert-OH is 2. The van der Waals surface area contributed by atoms with E-state index in [1.165, 1.54) is 31.2 Å². The topological polar surface area (TPSA) is 228 Å². The van der Waals surface area contributed by atoms with E-state index in [9.17, 15) is 19.8 Å². The highest BCUT2D eigenvalue weighted by Crippen LogP contribution is 2.51. The summed E-state index contributed by atoms with van der Waals surface area (Å²) < 4.78 is 81.8. The molecule has 3 aromatic heterocycles. The van der Waals surface area contributed by atoms with Crippen LogP contribution in [0.1, 0.15) is 66.6 Å². The number of benzene rings is 4. The Balaban J connectivity index is 0.858. The fourth-order valence-corrected chi connectivity index (χ4v) is 11.7. The number of aromatic nitrogens is 5. The summed E-state index contributed by atoms with van der Waals surface area (Å²) in [7, 11) is 1.49. The number of methoxy groups -OCH3 is 1. The third-order valence-electron chi connectivity index (χ3n) is 16.0. The van der Waals surface area contributed by atoms with Gasteiger partial charge in [-0.1, -0.05) is 79.7 Å². The summed E-state index contributed by atoms with van der Waals surface area (Å²) in [5, 5.41) is 45.3. The Kier molecular flexibility index (Phi) is 15.7. The summed E-state index contributed by atoms with van der Waals surface area (Å²) in [6.45, 7) is 9.38. The number of H-pyrrole nitrogens is 1. The van der Waals surface area contributed by atoms with Gasteiger partial charge in [0.15, 0.2) is 5.75 Å². The van der Waals surface area contributed by atoms with Gasteiger partial charge in [-0.25, -0.2) is 4.39 Å². The summed E-state index contributed by atoms with van der Waals surface area (Å²) in [5.41, 5.74) is 2.26. The average Bonchev–Trinajstić information content (AvgIpc) is 4.56. The molecule has 4 aromatic carbocycles. The summed E-state index contributed by atoms with van der Waals surface area (Å²) in [6, 6.07) is 17.1. The van der Waals surface area contributed by atoms with Crippen LogP contribution >= 0.6 is 0 Å². The first-order valence-electron chi connectivity index (χ1n) is 27.2. The molecule has 0 spiro atoms. The molecule has 11 rings (SSSR count). The van der Waals surface area contributed by atoms with Crippen LogP contribution < -0.4 is 25.0 Å². The smallest absolute Gasteiger partial charge is 0.417 e. The number of alkyl halides is 3. The van der Waals surface area contributed by atoms with Crippen LogP contribution in [0.2, 0.25) is 0 Å². The fraction of sp³-hybridized carbons (Fsp3) is 0.390. The van der Waals surface area contributed by atoms with Crippen LogP contribution in [0, 0.1) is 18.7 Å². The third-order valence-corrected chi connectivity index (χ3v) is 16.0. The van der Waals surface area contributed by atoms with Crippen molar-refractivity contribution in [2.24, 2.45) is 16.3 Å². The summed E-state index contributed by atoms with van der Waals surface area (Å²) in [6.07, 6.45) is 0.560. The van der Waals surface area contributed by atoms with Crippen molar-refractivity contribution in [2.75, 3.05) is 51.4 Å². The number of piperazine rings is 1. The van der Waals surface area contributed by atoms with Crippen molar-refractivity contribution in [3.8, 4) is 34.0 Å². The number of nitrogens with one attached hydrogen (secondary N) is 3. The van der Waals surface area contributed by atoms with Gasteiger partial charge in [0, 0.05) is 79.5 Å². The van der Waals surface area contributed by atoms with Gasteiger partial charge in [-0.2, -0.15) is 33.4 Å². The zero-order valence-electron chi connectivity index (χ0n) is 45.5. The second-order valence-corrected chi connectivity index (χ2v) is 21.6. The number of carbonyl (C=O) groups is 2. The van der Waals surface area contributed by atoms with Crippen LogP contribution in [0.4, 0.5) is 23.4 Å². The molecule has 0 aliphatic carbocycles. The standard InChI is InChI=1S/C59H62F4N12O7/c1-6-41(80-5)30-82-58-68-52-42(55(69-58)73-25-38-18-39(73)23-65-38)20-44(59(61,62)63)51(50-32(4)45(60)21-46-43(50)24-66-70-46)54(52)81-29-33-9-11-35(12-10-33)47-27-75(72-71-47)53(31(2)3)57(79)74-26-40(77)19-49(74)56(78)67-48(28-76)36-15-13-34(14-16-36)37-8-7-17-64-22-37/h6-17,20-22,24,31,38-41,47-49,53,65,76-77H,1,18-19,23,25-30H2,2-5H3,(H,66,70)(H,67,78)/t38-,39-,40+,41-,47?,48-,49-,53-/m0/s1. The first-order chi connectivity index (χ1) is 39.5. The van der Waals surface area contributed by atoms with Crippen LogP contribution in [-0.4, -0.2) is 140 Å². The minimum absolute atomic E-state index is 0.00238. The van der Waals surface area contributed by atoms with Gasteiger partial charge in [-0.05, 0) is 70.8 Å². The van der Waals surface area contributed by atoms with E-state index in [4.69, 9.17) is 24.2 Å². The summed E-state index contributed by atoms with van der Waals surface area (Å²) in [5.74, 6) is -2.05. The lowest BCUT2D eigenvalue weighted by molar-refractivity contribution is -0.144. The number of likely N-dealkylation sites (tertiary alicyclic amines) is 1. The molecule has 82 heavy (non-hydrogen) atoms. The second kappa shape index (κ2) is 23.0. The molecule has 1 unspecified atom stereocenters. The van der Waals surface area contributed by atoms with Gasteiger partial charge in [0.25, 0.3) is 0 Å². The maximum Gasteiger partial charge on any atom is 0.417 e. The Hall–Kier alpha value is -8.12. The zero-order chi connectivity index (χ0) is 57.6. The number of nitrogens with zero attached hydrogens (tertiary/aromatic N) is 9. The molecule has 3 saturated heterocycles. The normalized spacial score (nSPS) is 20.8. The number of carbonyl (C=O) groups excluding carboxylic acids is 2. The number of aromatic amines is 1. The molecule has 2 bridgehead atoms. The molecule has 428 valence electrons. The first kappa shape index (κ1) is 55.8. The number of rotatable bonds is 19. The minimum atomic E-state index is -4.99. The van der Waals surface area contributed by atoms with Crippen molar-refractivity contribution in [1.29, 1.82) is 0 Å². The molecular formula is C59H62F4N12O7. The lowest BCUT2D eigenvalue weighted by Crippen LogP contribution is -2.54. The Bertz CT molecular complexity index is 3530. The van der Waals surface area contributed by atoms with Gasteiger partial charge < -0.3 is 44.9 Å². The van der Waals surface area contributed by atoms with Gasteiger partial charge in [0.1, 0.15) is 54.6 Å². The van der Waals surface area contributed by atoms with E-state index >= 15 is 17.6 Å². The molecule has 19 nitrogen and oxygen atoms in total. The van der Waals surface area contributed by atoms with Crippen molar-refractivity contribution in [2.45, 2.75) is 94.9 Å². The molecule has 5 N–H and O–H groups in total. The lowest BCUT2D eigenvalue weighted by Gasteiger charge is -2.34. The van der Waals surface area contributed by atoms with Crippen LogP contribution in [0.15, 0.2) is 114 Å². The maximum atomic E-state index is 15.9. The first-order valence-corrected chi connectivity index (χ1v) is 27.2. The molecule has 23 heteroatoms. The predicted octanol–water partition coefficient (Wildman–Crippen LogP) is 7.97. The quantitative estimate of drug-likeness (QED) is 0.0382.